The van der Waals surface area contributed by atoms with E-state index < -0.39 is 0 Å². The lowest BCUT2D eigenvalue weighted by molar-refractivity contribution is 0.217. The molecule has 3 nitrogen and oxygen atoms in total. The lowest BCUT2D eigenvalue weighted by atomic mass is 10.1. The van der Waals surface area contributed by atoms with Crippen LogP contribution < -0.4 is 5.32 Å². The first-order chi connectivity index (χ1) is 6.88. The van der Waals surface area contributed by atoms with Crippen molar-refractivity contribution in [1.82, 2.24) is 10.2 Å². The third-order valence-electron chi connectivity index (χ3n) is 3.02. The molecule has 14 heavy (non-hydrogen) atoms. The maximum absolute atomic E-state index is 8.80. The summed E-state index contributed by atoms with van der Waals surface area (Å²) in [4.78, 5) is 2.57. The van der Waals surface area contributed by atoms with Gasteiger partial charge in [0.1, 0.15) is 0 Å². The second-order valence-corrected chi connectivity index (χ2v) is 4.05. The molecule has 3 heteroatoms. The van der Waals surface area contributed by atoms with Crippen LogP contribution in [0.15, 0.2) is 0 Å². The number of hydrogen-bond donors (Lipinski definition) is 2. The summed E-state index contributed by atoms with van der Waals surface area (Å²) in [5.41, 5.74) is 0. The van der Waals surface area contributed by atoms with Crippen molar-refractivity contribution in [1.29, 1.82) is 0 Å². The van der Waals surface area contributed by atoms with Crippen LogP contribution in [0.4, 0.5) is 0 Å². The highest BCUT2D eigenvalue weighted by molar-refractivity contribution is 4.79. The van der Waals surface area contributed by atoms with E-state index in [1.165, 1.54) is 32.4 Å². The average molecular weight is 200 g/mol. The molecule has 1 unspecified atom stereocenters. The maximum atomic E-state index is 8.80. The molecule has 0 bridgehead atoms. The largest absolute Gasteiger partial charge is 0.396 e. The van der Waals surface area contributed by atoms with E-state index >= 15 is 0 Å². The van der Waals surface area contributed by atoms with Crippen molar-refractivity contribution in [3.8, 4) is 0 Å². The van der Waals surface area contributed by atoms with Gasteiger partial charge in [0.25, 0.3) is 0 Å². The van der Waals surface area contributed by atoms with Gasteiger partial charge < -0.3 is 10.4 Å². The Kier molecular flexibility index (Phi) is 6.15. The Morgan fingerprint density at radius 3 is 3.07 bits per heavy atom. The number of nitrogens with zero attached hydrogens (tertiary/aromatic N) is 1. The van der Waals surface area contributed by atoms with Crippen LogP contribution in [0.5, 0.6) is 0 Å². The number of nitrogens with one attached hydrogen (secondary N) is 1. The topological polar surface area (TPSA) is 35.5 Å². The van der Waals surface area contributed by atoms with E-state index in [1.54, 1.807) is 0 Å². The lowest BCUT2D eigenvalue weighted by Gasteiger charge is -2.24. The lowest BCUT2D eigenvalue weighted by Crippen LogP contribution is -2.35. The van der Waals surface area contributed by atoms with Crippen molar-refractivity contribution in [2.75, 3.05) is 32.8 Å². The Balaban J connectivity index is 2.14. The molecule has 0 aliphatic carbocycles. The van der Waals surface area contributed by atoms with Crippen LogP contribution in [-0.4, -0.2) is 48.8 Å². The molecule has 0 amide bonds. The fourth-order valence-corrected chi connectivity index (χ4v) is 2.24. The highest BCUT2D eigenvalue weighted by atomic mass is 16.2. The number of likely N-dealkylation sites (N-methyl/N-ethyl adjacent to an activating group) is 1. The molecule has 0 saturated carbocycles. The van der Waals surface area contributed by atoms with Crippen molar-refractivity contribution in [2.45, 2.75) is 38.6 Å². The van der Waals surface area contributed by atoms with Gasteiger partial charge >= 0.3 is 0 Å². The van der Waals surface area contributed by atoms with E-state index in [-0.39, 0.29) is 0 Å². The Bertz CT molecular complexity index is 141. The van der Waals surface area contributed by atoms with Crippen LogP contribution in [-0.2, 0) is 0 Å². The SMILES string of the molecule is CCNCCN1CCCC1CCCO. The van der Waals surface area contributed by atoms with E-state index in [0.29, 0.717) is 6.61 Å². The molecular formula is C11H24N2O. The van der Waals surface area contributed by atoms with E-state index in [9.17, 15) is 0 Å². The van der Waals surface area contributed by atoms with Crippen LogP contribution in [0.3, 0.4) is 0 Å². The van der Waals surface area contributed by atoms with Gasteiger partial charge in [-0.1, -0.05) is 6.92 Å². The molecule has 84 valence electrons. The Hall–Kier alpha value is -0.120. The fraction of sp³-hybridized carbons (Fsp3) is 1.00. The number of aliphatic hydroxyl groups is 1. The summed E-state index contributed by atoms with van der Waals surface area (Å²) in [5.74, 6) is 0. The van der Waals surface area contributed by atoms with Crippen LogP contribution in [0, 0.1) is 0 Å². The van der Waals surface area contributed by atoms with Crippen molar-refractivity contribution < 1.29 is 5.11 Å². The second kappa shape index (κ2) is 7.21. The summed E-state index contributed by atoms with van der Waals surface area (Å²) < 4.78 is 0. The van der Waals surface area contributed by atoms with Crippen molar-refractivity contribution >= 4 is 0 Å². The normalized spacial score (nSPS) is 23.1. The van der Waals surface area contributed by atoms with Crippen molar-refractivity contribution in [3.05, 3.63) is 0 Å². The summed E-state index contributed by atoms with van der Waals surface area (Å²) in [6, 6.07) is 0.737. The molecule has 1 heterocycles. The minimum Gasteiger partial charge on any atom is -0.396 e. The first-order valence-corrected chi connectivity index (χ1v) is 5.94. The third kappa shape index (κ3) is 3.95. The monoisotopic (exact) mass is 200 g/mol. The Morgan fingerprint density at radius 2 is 2.36 bits per heavy atom. The van der Waals surface area contributed by atoms with E-state index in [2.05, 4.69) is 17.1 Å². The van der Waals surface area contributed by atoms with Gasteiger partial charge in [-0.2, -0.15) is 0 Å². The number of hydrogen-bond acceptors (Lipinski definition) is 3. The maximum Gasteiger partial charge on any atom is 0.0431 e. The molecule has 0 spiro atoms. The van der Waals surface area contributed by atoms with Crippen molar-refractivity contribution in [3.63, 3.8) is 0 Å². The molecule has 1 rings (SSSR count). The minimum atomic E-state index is 0.345. The summed E-state index contributed by atoms with van der Waals surface area (Å²) >= 11 is 0. The van der Waals surface area contributed by atoms with Crippen LogP contribution in [0.25, 0.3) is 0 Å². The quantitative estimate of drug-likeness (QED) is 0.598. The molecule has 0 aromatic rings. The number of rotatable bonds is 7. The summed E-state index contributed by atoms with van der Waals surface area (Å²) in [5, 5.41) is 12.2. The first-order valence-electron chi connectivity index (χ1n) is 5.94. The van der Waals surface area contributed by atoms with Gasteiger partial charge in [-0.05, 0) is 38.8 Å². The fourth-order valence-electron chi connectivity index (χ4n) is 2.24. The zero-order valence-corrected chi connectivity index (χ0v) is 9.34. The predicted molar refractivity (Wildman–Crippen MR) is 59.5 cm³/mol. The van der Waals surface area contributed by atoms with E-state index in [4.69, 9.17) is 5.11 Å². The van der Waals surface area contributed by atoms with Gasteiger partial charge in [0, 0.05) is 25.7 Å². The zero-order chi connectivity index (χ0) is 10.2. The molecule has 1 atom stereocenters. The Labute approximate surface area is 87.5 Å². The molecular weight excluding hydrogens is 176 g/mol. The predicted octanol–water partition coefficient (Wildman–Crippen LogP) is 0.833. The molecule has 0 radical (unpaired) electrons. The molecule has 1 aliphatic rings. The van der Waals surface area contributed by atoms with Gasteiger partial charge in [-0.15, -0.1) is 0 Å². The zero-order valence-electron chi connectivity index (χ0n) is 9.34. The minimum absolute atomic E-state index is 0.345. The number of aliphatic hydroxyl groups excluding tert-OH is 1. The average Bonchev–Trinajstić information content (AvgIpc) is 2.63. The second-order valence-electron chi connectivity index (χ2n) is 4.05. The molecule has 2 N–H and O–H groups in total. The molecule has 1 aliphatic heterocycles. The molecule has 1 fully saturated rings. The van der Waals surface area contributed by atoms with Gasteiger partial charge in [0.05, 0.1) is 0 Å². The van der Waals surface area contributed by atoms with Crippen LogP contribution >= 0.6 is 0 Å². The van der Waals surface area contributed by atoms with E-state index in [1.807, 2.05) is 0 Å². The summed E-state index contributed by atoms with van der Waals surface area (Å²) in [6.07, 6.45) is 4.79. The number of likely N-dealkylation sites (tertiary alicyclic amines) is 1. The standard InChI is InChI=1S/C11H24N2O/c1-2-12-7-9-13-8-3-5-11(13)6-4-10-14/h11-12,14H,2-10H2,1H3. The summed E-state index contributed by atoms with van der Waals surface area (Å²) in [6.45, 7) is 7.08. The molecule has 0 aromatic carbocycles. The first kappa shape index (κ1) is 12.0. The van der Waals surface area contributed by atoms with Crippen LogP contribution in [0.1, 0.15) is 32.6 Å². The van der Waals surface area contributed by atoms with Gasteiger partial charge in [0.15, 0.2) is 0 Å². The van der Waals surface area contributed by atoms with Gasteiger partial charge in [-0.3, -0.25) is 4.90 Å². The highest BCUT2D eigenvalue weighted by Crippen LogP contribution is 2.20. The van der Waals surface area contributed by atoms with Gasteiger partial charge in [-0.25, -0.2) is 0 Å². The van der Waals surface area contributed by atoms with Gasteiger partial charge in [0.2, 0.25) is 0 Å². The van der Waals surface area contributed by atoms with Crippen LogP contribution in [0.2, 0.25) is 0 Å². The Morgan fingerprint density at radius 1 is 1.50 bits per heavy atom. The summed E-state index contributed by atoms with van der Waals surface area (Å²) in [7, 11) is 0. The smallest absolute Gasteiger partial charge is 0.0431 e. The highest BCUT2D eigenvalue weighted by Gasteiger charge is 2.22. The molecule has 1 saturated heterocycles. The molecule has 0 aromatic heterocycles. The van der Waals surface area contributed by atoms with E-state index in [0.717, 1.165) is 25.6 Å². The third-order valence-corrected chi connectivity index (χ3v) is 3.02. The van der Waals surface area contributed by atoms with Crippen molar-refractivity contribution in [2.24, 2.45) is 0 Å².